The van der Waals surface area contributed by atoms with Crippen molar-refractivity contribution in [2.45, 2.75) is 53.6 Å². The SMILES string of the molecule is Cc1noc(C)c1C[C@H](C)NC(=O)Nc1cnn(CC(C)C)c1. The zero-order valence-corrected chi connectivity index (χ0v) is 14.4. The minimum atomic E-state index is -0.242. The lowest BCUT2D eigenvalue weighted by Gasteiger charge is -2.14. The van der Waals surface area contributed by atoms with Crippen LogP contribution >= 0.6 is 0 Å². The lowest BCUT2D eigenvalue weighted by Crippen LogP contribution is -2.37. The summed E-state index contributed by atoms with van der Waals surface area (Å²) in [6.45, 7) is 10.8. The van der Waals surface area contributed by atoms with Gasteiger partial charge in [-0.15, -0.1) is 0 Å². The molecule has 2 amide bonds. The van der Waals surface area contributed by atoms with Gasteiger partial charge >= 0.3 is 6.03 Å². The van der Waals surface area contributed by atoms with E-state index in [2.05, 4.69) is 34.7 Å². The van der Waals surface area contributed by atoms with Crippen LogP contribution in [0.15, 0.2) is 16.9 Å². The number of carbonyl (C=O) groups excluding carboxylic acids is 1. The average Bonchev–Trinajstić information content (AvgIpc) is 2.99. The Morgan fingerprint density at radius 2 is 2.09 bits per heavy atom. The van der Waals surface area contributed by atoms with Crippen molar-refractivity contribution >= 4 is 11.7 Å². The molecule has 2 aromatic heterocycles. The fourth-order valence-corrected chi connectivity index (χ4v) is 2.44. The summed E-state index contributed by atoms with van der Waals surface area (Å²) >= 11 is 0. The summed E-state index contributed by atoms with van der Waals surface area (Å²) in [5.74, 6) is 1.30. The predicted molar refractivity (Wildman–Crippen MR) is 88.4 cm³/mol. The number of hydrogen-bond donors (Lipinski definition) is 2. The smallest absolute Gasteiger partial charge is 0.319 e. The summed E-state index contributed by atoms with van der Waals surface area (Å²) in [5, 5.41) is 13.9. The van der Waals surface area contributed by atoms with Crippen LogP contribution in [0.2, 0.25) is 0 Å². The molecule has 0 saturated carbocycles. The van der Waals surface area contributed by atoms with Crippen molar-refractivity contribution in [2.75, 3.05) is 5.32 Å². The first-order chi connectivity index (χ1) is 10.8. The van der Waals surface area contributed by atoms with E-state index in [0.29, 0.717) is 18.0 Å². The van der Waals surface area contributed by atoms with Crippen molar-refractivity contribution < 1.29 is 9.32 Å². The number of nitrogens with zero attached hydrogens (tertiary/aromatic N) is 3. The van der Waals surface area contributed by atoms with Gasteiger partial charge in [0.05, 0.1) is 17.6 Å². The van der Waals surface area contributed by atoms with Crippen LogP contribution in [0.3, 0.4) is 0 Å². The van der Waals surface area contributed by atoms with Gasteiger partial charge in [0.1, 0.15) is 5.76 Å². The van der Waals surface area contributed by atoms with E-state index in [9.17, 15) is 4.79 Å². The number of aryl methyl sites for hydroxylation is 2. The normalized spacial score (nSPS) is 12.4. The number of nitrogens with one attached hydrogen (secondary N) is 2. The van der Waals surface area contributed by atoms with E-state index in [1.165, 1.54) is 0 Å². The first kappa shape index (κ1) is 17.1. The summed E-state index contributed by atoms with van der Waals surface area (Å²) in [7, 11) is 0. The number of carbonyl (C=O) groups is 1. The van der Waals surface area contributed by atoms with Gasteiger partial charge in [0.15, 0.2) is 0 Å². The highest BCUT2D eigenvalue weighted by Gasteiger charge is 2.15. The van der Waals surface area contributed by atoms with Crippen LogP contribution in [0.5, 0.6) is 0 Å². The van der Waals surface area contributed by atoms with Crippen LogP contribution in [0.1, 0.15) is 37.8 Å². The highest BCUT2D eigenvalue weighted by molar-refractivity contribution is 5.89. The zero-order valence-electron chi connectivity index (χ0n) is 14.4. The third kappa shape index (κ3) is 4.84. The molecule has 0 aliphatic heterocycles. The van der Waals surface area contributed by atoms with E-state index in [1.54, 1.807) is 6.20 Å². The molecule has 23 heavy (non-hydrogen) atoms. The van der Waals surface area contributed by atoms with Crippen molar-refractivity contribution in [2.24, 2.45) is 5.92 Å². The Kier molecular flexibility index (Phi) is 5.41. The van der Waals surface area contributed by atoms with E-state index in [4.69, 9.17) is 4.52 Å². The molecule has 7 nitrogen and oxygen atoms in total. The van der Waals surface area contributed by atoms with Gasteiger partial charge in [-0.05, 0) is 33.1 Å². The van der Waals surface area contributed by atoms with Crippen molar-refractivity contribution in [3.63, 3.8) is 0 Å². The number of hydrogen-bond acceptors (Lipinski definition) is 4. The molecule has 0 spiro atoms. The highest BCUT2D eigenvalue weighted by atomic mass is 16.5. The number of aromatic nitrogens is 3. The van der Waals surface area contributed by atoms with Gasteiger partial charge in [0, 0.05) is 24.3 Å². The number of amides is 2. The average molecular weight is 319 g/mol. The molecule has 0 fully saturated rings. The van der Waals surface area contributed by atoms with E-state index < -0.39 is 0 Å². The topological polar surface area (TPSA) is 85.0 Å². The van der Waals surface area contributed by atoms with Gasteiger partial charge in [-0.3, -0.25) is 4.68 Å². The Bertz CT molecular complexity index is 640. The van der Waals surface area contributed by atoms with Crippen LogP contribution in [0.4, 0.5) is 10.5 Å². The second-order valence-corrected chi connectivity index (χ2v) is 6.35. The highest BCUT2D eigenvalue weighted by Crippen LogP contribution is 2.14. The Labute approximate surface area is 136 Å². The maximum atomic E-state index is 12.1. The molecule has 2 N–H and O–H groups in total. The van der Waals surface area contributed by atoms with E-state index >= 15 is 0 Å². The molecule has 0 aliphatic rings. The van der Waals surface area contributed by atoms with Gasteiger partial charge in [-0.25, -0.2) is 4.79 Å². The molecule has 2 aromatic rings. The molecule has 0 unspecified atom stereocenters. The Morgan fingerprint density at radius 1 is 1.35 bits per heavy atom. The van der Waals surface area contributed by atoms with Crippen LogP contribution in [0, 0.1) is 19.8 Å². The molecule has 7 heteroatoms. The van der Waals surface area contributed by atoms with Crippen LogP contribution in [-0.2, 0) is 13.0 Å². The predicted octanol–water partition coefficient (Wildman–Crippen LogP) is 2.90. The quantitative estimate of drug-likeness (QED) is 0.857. The minimum Gasteiger partial charge on any atom is -0.361 e. The minimum absolute atomic E-state index is 0.0301. The van der Waals surface area contributed by atoms with Gasteiger partial charge in [-0.1, -0.05) is 19.0 Å². The molecule has 0 radical (unpaired) electrons. The maximum absolute atomic E-state index is 12.1. The van der Waals surface area contributed by atoms with Crippen LogP contribution in [-0.4, -0.2) is 27.0 Å². The van der Waals surface area contributed by atoms with Gasteiger partial charge < -0.3 is 15.2 Å². The van der Waals surface area contributed by atoms with Gasteiger partial charge in [0.25, 0.3) is 0 Å². The molecule has 0 aromatic carbocycles. The maximum Gasteiger partial charge on any atom is 0.319 e. The summed E-state index contributed by atoms with van der Waals surface area (Å²) in [4.78, 5) is 12.1. The van der Waals surface area contributed by atoms with E-state index in [0.717, 1.165) is 23.6 Å². The fourth-order valence-electron chi connectivity index (χ4n) is 2.44. The van der Waals surface area contributed by atoms with E-state index in [1.807, 2.05) is 31.6 Å². The number of rotatable bonds is 6. The monoisotopic (exact) mass is 319 g/mol. The Morgan fingerprint density at radius 3 is 2.70 bits per heavy atom. The van der Waals surface area contributed by atoms with Gasteiger partial charge in [0.2, 0.25) is 0 Å². The molecule has 1 atom stereocenters. The van der Waals surface area contributed by atoms with E-state index in [-0.39, 0.29) is 12.1 Å². The zero-order chi connectivity index (χ0) is 17.0. The number of urea groups is 1. The summed E-state index contributed by atoms with van der Waals surface area (Å²) in [6, 6.07) is -0.272. The lowest BCUT2D eigenvalue weighted by molar-refractivity contribution is 0.249. The van der Waals surface area contributed by atoms with Crippen molar-refractivity contribution in [1.29, 1.82) is 0 Å². The van der Waals surface area contributed by atoms with Crippen LogP contribution in [0.25, 0.3) is 0 Å². The molecule has 0 aliphatic carbocycles. The first-order valence-electron chi connectivity index (χ1n) is 7.87. The molecule has 2 heterocycles. The molecule has 0 saturated heterocycles. The third-order valence-corrected chi connectivity index (χ3v) is 3.51. The van der Waals surface area contributed by atoms with Crippen LogP contribution < -0.4 is 10.6 Å². The fraction of sp³-hybridized carbons (Fsp3) is 0.562. The van der Waals surface area contributed by atoms with Crippen molar-refractivity contribution in [3.8, 4) is 0 Å². The number of anilines is 1. The molecular formula is C16H25N5O2. The molecule has 126 valence electrons. The lowest BCUT2D eigenvalue weighted by atomic mass is 10.1. The standard InChI is InChI=1S/C16H25N5O2/c1-10(2)8-21-9-14(7-17-21)19-16(22)18-11(3)6-15-12(4)20-23-13(15)5/h7,9-11H,6,8H2,1-5H3,(H2,18,19,22)/t11-/m0/s1. The third-order valence-electron chi connectivity index (χ3n) is 3.51. The summed E-state index contributed by atoms with van der Waals surface area (Å²) in [5.41, 5.74) is 2.60. The largest absolute Gasteiger partial charge is 0.361 e. The molecule has 2 rings (SSSR count). The van der Waals surface area contributed by atoms with Gasteiger partial charge in [-0.2, -0.15) is 5.10 Å². The Hall–Kier alpha value is -2.31. The molecular weight excluding hydrogens is 294 g/mol. The second kappa shape index (κ2) is 7.30. The van der Waals surface area contributed by atoms with Crippen molar-refractivity contribution in [3.05, 3.63) is 29.4 Å². The summed E-state index contributed by atoms with van der Waals surface area (Å²) in [6.07, 6.45) is 4.17. The Balaban J connectivity index is 1.85. The molecule has 0 bridgehead atoms. The van der Waals surface area contributed by atoms with Crippen molar-refractivity contribution in [1.82, 2.24) is 20.3 Å². The second-order valence-electron chi connectivity index (χ2n) is 6.35. The summed E-state index contributed by atoms with van der Waals surface area (Å²) < 4.78 is 6.97. The first-order valence-corrected chi connectivity index (χ1v) is 7.87.